The van der Waals surface area contributed by atoms with Gasteiger partial charge in [0.1, 0.15) is 12.3 Å². The number of ether oxygens (including phenoxy) is 1. The maximum absolute atomic E-state index is 5.79. The number of hydrogen-bond acceptors (Lipinski definition) is 2. The van der Waals surface area contributed by atoms with Gasteiger partial charge in [0.25, 0.3) is 0 Å². The van der Waals surface area contributed by atoms with Gasteiger partial charge in [0.05, 0.1) is 19.4 Å². The lowest BCUT2D eigenvalue weighted by atomic mass is 10.3. The molecule has 1 heterocycles. The van der Waals surface area contributed by atoms with Crippen LogP contribution < -0.4 is 10.1 Å². The van der Waals surface area contributed by atoms with E-state index in [0.717, 1.165) is 42.6 Å². The molecule has 1 aromatic carbocycles. The Balaban J connectivity index is 1.55. The molecule has 2 N–H and O–H groups in total. The lowest BCUT2D eigenvalue weighted by Gasteiger charge is -2.05. The molecule has 2 aromatic rings. The first-order valence-electron chi connectivity index (χ1n) is 6.07. The van der Waals surface area contributed by atoms with E-state index < -0.39 is 0 Å². The third-order valence-electron chi connectivity index (χ3n) is 2.56. The highest BCUT2D eigenvalue weighted by molar-refractivity contribution is 6.30. The Kier molecular flexibility index (Phi) is 5.12. The van der Waals surface area contributed by atoms with Crippen LogP contribution in [-0.4, -0.2) is 13.2 Å². The average molecular weight is 267 g/mol. The van der Waals surface area contributed by atoms with Gasteiger partial charge in [0.2, 0.25) is 0 Å². The Morgan fingerprint density at radius 3 is 2.72 bits per heavy atom. The van der Waals surface area contributed by atoms with Gasteiger partial charge in [-0.15, -0.1) is 0 Å². The van der Waals surface area contributed by atoms with E-state index in [1.807, 2.05) is 36.4 Å². The molecule has 0 unspecified atom stereocenters. The van der Waals surface area contributed by atoms with Crippen molar-refractivity contribution in [1.82, 2.24) is 0 Å². The smallest absolute Gasteiger partial charge is 0.157 e. The molecule has 0 saturated carbocycles. The van der Waals surface area contributed by atoms with Gasteiger partial charge >= 0.3 is 0 Å². The van der Waals surface area contributed by atoms with E-state index in [2.05, 4.69) is 5.32 Å². The van der Waals surface area contributed by atoms with E-state index in [-0.39, 0.29) is 0 Å². The van der Waals surface area contributed by atoms with Gasteiger partial charge in [-0.2, -0.15) is 0 Å². The molecule has 0 aliphatic heterocycles. The maximum atomic E-state index is 5.79. The Morgan fingerprint density at radius 1 is 1.17 bits per heavy atom. The Bertz CT molecular complexity index is 439. The monoisotopic (exact) mass is 266 g/mol. The standard InChI is InChI=1S/C14H16ClNO2/c15-12-4-6-13(7-5-12)17-10-2-8-16-11-14-3-1-9-18-14/h1,3-7,9,16H,2,8,10-11H2/p+1. The third-order valence-corrected chi connectivity index (χ3v) is 2.81. The van der Waals surface area contributed by atoms with Crippen molar-refractivity contribution < 1.29 is 14.5 Å². The van der Waals surface area contributed by atoms with Gasteiger partial charge in [-0.25, -0.2) is 0 Å². The van der Waals surface area contributed by atoms with Crippen molar-refractivity contribution in [2.24, 2.45) is 0 Å². The minimum atomic E-state index is 0.719. The predicted molar refractivity (Wildman–Crippen MR) is 70.8 cm³/mol. The zero-order valence-electron chi connectivity index (χ0n) is 10.1. The Morgan fingerprint density at radius 2 is 2.00 bits per heavy atom. The molecule has 0 fully saturated rings. The van der Waals surface area contributed by atoms with Crippen molar-refractivity contribution in [2.75, 3.05) is 13.2 Å². The second-order valence-corrected chi connectivity index (χ2v) is 4.45. The second kappa shape index (κ2) is 7.09. The van der Waals surface area contributed by atoms with Crippen LogP contribution in [0.1, 0.15) is 12.2 Å². The molecule has 0 amide bonds. The predicted octanol–water partition coefficient (Wildman–Crippen LogP) is 2.47. The quantitative estimate of drug-likeness (QED) is 0.782. The van der Waals surface area contributed by atoms with Gasteiger partial charge in [-0.1, -0.05) is 11.6 Å². The first-order chi connectivity index (χ1) is 8.84. The topological polar surface area (TPSA) is 39.0 Å². The van der Waals surface area contributed by atoms with Crippen LogP contribution in [0.2, 0.25) is 5.02 Å². The number of furan rings is 1. The zero-order chi connectivity index (χ0) is 12.6. The molecule has 0 atom stereocenters. The van der Waals surface area contributed by atoms with E-state index in [1.54, 1.807) is 6.26 Å². The molecule has 4 heteroatoms. The fourth-order valence-corrected chi connectivity index (χ4v) is 1.75. The van der Waals surface area contributed by atoms with Crippen LogP contribution in [0, 0.1) is 0 Å². The molecule has 0 radical (unpaired) electrons. The van der Waals surface area contributed by atoms with Crippen molar-refractivity contribution in [2.45, 2.75) is 13.0 Å². The summed E-state index contributed by atoms with van der Waals surface area (Å²) in [6.07, 6.45) is 2.70. The van der Waals surface area contributed by atoms with Crippen LogP contribution in [-0.2, 0) is 6.54 Å². The SMILES string of the molecule is Clc1ccc(OCCC[NH2+]Cc2ccco2)cc1. The second-order valence-electron chi connectivity index (χ2n) is 4.02. The van der Waals surface area contributed by atoms with Gasteiger partial charge in [0, 0.05) is 11.4 Å². The van der Waals surface area contributed by atoms with Crippen LogP contribution in [0.25, 0.3) is 0 Å². The fourth-order valence-electron chi connectivity index (χ4n) is 1.62. The highest BCUT2D eigenvalue weighted by atomic mass is 35.5. The minimum absolute atomic E-state index is 0.719. The molecule has 3 nitrogen and oxygen atoms in total. The van der Waals surface area contributed by atoms with Crippen molar-refractivity contribution in [1.29, 1.82) is 0 Å². The summed E-state index contributed by atoms with van der Waals surface area (Å²) in [6.45, 7) is 2.62. The fraction of sp³-hybridized carbons (Fsp3) is 0.286. The molecule has 2 rings (SSSR count). The van der Waals surface area contributed by atoms with Gasteiger partial charge in [0.15, 0.2) is 5.76 Å². The summed E-state index contributed by atoms with van der Waals surface area (Å²) in [7, 11) is 0. The molecule has 0 bridgehead atoms. The molecule has 0 saturated heterocycles. The van der Waals surface area contributed by atoms with Gasteiger partial charge in [-0.3, -0.25) is 0 Å². The molecule has 0 spiro atoms. The molecule has 18 heavy (non-hydrogen) atoms. The number of hydrogen-bond donors (Lipinski definition) is 1. The summed E-state index contributed by atoms with van der Waals surface area (Å²) in [5.41, 5.74) is 0. The van der Waals surface area contributed by atoms with E-state index in [1.165, 1.54) is 0 Å². The number of benzene rings is 1. The average Bonchev–Trinajstić information content (AvgIpc) is 2.89. The van der Waals surface area contributed by atoms with Crippen LogP contribution in [0.4, 0.5) is 0 Å². The molecule has 0 aliphatic carbocycles. The summed E-state index contributed by atoms with van der Waals surface area (Å²) in [6, 6.07) is 11.3. The lowest BCUT2D eigenvalue weighted by molar-refractivity contribution is -0.672. The summed E-state index contributed by atoms with van der Waals surface area (Å²) in [4.78, 5) is 0. The van der Waals surface area contributed by atoms with E-state index >= 15 is 0 Å². The minimum Gasteiger partial charge on any atom is -0.493 e. The molecule has 0 aliphatic rings. The number of nitrogens with two attached hydrogens (primary N) is 1. The third kappa shape index (κ3) is 4.43. The van der Waals surface area contributed by atoms with Crippen LogP contribution in [0.5, 0.6) is 5.75 Å². The van der Waals surface area contributed by atoms with Crippen LogP contribution in [0.3, 0.4) is 0 Å². The number of quaternary nitrogens is 1. The van der Waals surface area contributed by atoms with Gasteiger partial charge in [-0.05, 0) is 36.4 Å². The summed E-state index contributed by atoms with van der Waals surface area (Å²) >= 11 is 5.79. The summed E-state index contributed by atoms with van der Waals surface area (Å²) in [5.74, 6) is 1.87. The van der Waals surface area contributed by atoms with Crippen molar-refractivity contribution in [3.63, 3.8) is 0 Å². The largest absolute Gasteiger partial charge is 0.493 e. The van der Waals surface area contributed by atoms with Crippen molar-refractivity contribution in [3.05, 3.63) is 53.4 Å². The highest BCUT2D eigenvalue weighted by Gasteiger charge is 1.98. The first kappa shape index (κ1) is 13.0. The highest BCUT2D eigenvalue weighted by Crippen LogP contribution is 2.15. The zero-order valence-corrected chi connectivity index (χ0v) is 10.9. The molecular weight excluding hydrogens is 250 g/mol. The number of rotatable bonds is 7. The normalized spacial score (nSPS) is 10.5. The van der Waals surface area contributed by atoms with Crippen LogP contribution >= 0.6 is 11.6 Å². The lowest BCUT2D eigenvalue weighted by Crippen LogP contribution is -2.82. The van der Waals surface area contributed by atoms with E-state index in [4.69, 9.17) is 20.8 Å². The first-order valence-corrected chi connectivity index (χ1v) is 6.45. The van der Waals surface area contributed by atoms with Crippen molar-refractivity contribution >= 4 is 11.6 Å². The molecule has 1 aromatic heterocycles. The van der Waals surface area contributed by atoms with E-state index in [0.29, 0.717) is 0 Å². The van der Waals surface area contributed by atoms with Crippen LogP contribution in [0.15, 0.2) is 47.1 Å². The molecular formula is C14H17ClNO2+. The summed E-state index contributed by atoms with van der Waals surface area (Å²) in [5, 5.41) is 2.94. The Labute approximate surface area is 112 Å². The Hall–Kier alpha value is -1.45. The van der Waals surface area contributed by atoms with Gasteiger partial charge < -0.3 is 14.5 Å². The summed E-state index contributed by atoms with van der Waals surface area (Å²) < 4.78 is 10.8. The molecule has 96 valence electrons. The maximum Gasteiger partial charge on any atom is 0.157 e. The number of halogens is 1. The van der Waals surface area contributed by atoms with Crippen molar-refractivity contribution in [3.8, 4) is 5.75 Å². The van der Waals surface area contributed by atoms with E-state index in [9.17, 15) is 0 Å².